The van der Waals surface area contributed by atoms with Crippen LogP contribution in [0.25, 0.3) is 0 Å². The van der Waals surface area contributed by atoms with E-state index < -0.39 is 24.1 Å². The van der Waals surface area contributed by atoms with Crippen LogP contribution in [0.15, 0.2) is 40.4 Å². The molecule has 0 radical (unpaired) electrons. The average molecular weight is 469 g/mol. The Kier molecular flexibility index (Phi) is 12.3. The van der Waals surface area contributed by atoms with E-state index >= 15 is 0 Å². The van der Waals surface area contributed by atoms with Crippen LogP contribution in [-0.2, 0) is 9.53 Å². The van der Waals surface area contributed by atoms with E-state index in [1.54, 1.807) is 26.1 Å². The number of hydrogen-bond donors (Lipinski definition) is 2. The molecule has 0 amide bonds. The van der Waals surface area contributed by atoms with Crippen LogP contribution in [0.3, 0.4) is 0 Å². The maximum Gasteiger partial charge on any atom is 0.390 e. The van der Waals surface area contributed by atoms with E-state index in [1.165, 1.54) is 12.2 Å². The van der Waals surface area contributed by atoms with Gasteiger partial charge in [-0.3, -0.25) is 9.79 Å². The molecule has 0 aliphatic carbocycles. The van der Waals surface area contributed by atoms with Gasteiger partial charge in [-0.25, -0.2) is 0 Å². The molecule has 0 spiro atoms. The molecule has 1 rings (SSSR count). The van der Waals surface area contributed by atoms with Gasteiger partial charge in [-0.05, 0) is 51.8 Å². The molecule has 0 aromatic rings. The summed E-state index contributed by atoms with van der Waals surface area (Å²) in [5.41, 5.74) is 0.943. The van der Waals surface area contributed by atoms with Crippen molar-refractivity contribution in [1.82, 2.24) is 5.32 Å². The van der Waals surface area contributed by atoms with E-state index in [9.17, 15) is 23.1 Å². The van der Waals surface area contributed by atoms with Gasteiger partial charge in [0, 0.05) is 49.9 Å². The zero-order valence-corrected chi connectivity index (χ0v) is 19.7. The quantitative estimate of drug-likeness (QED) is 0.195. The zero-order chi connectivity index (χ0) is 24.9. The number of carbonyl (C=O) groups is 1. The van der Waals surface area contributed by atoms with E-state index in [2.05, 4.69) is 16.2 Å². The first kappa shape index (κ1) is 28.8. The highest BCUT2D eigenvalue weighted by Crippen LogP contribution is 2.26. The molecule has 0 saturated carbocycles. The molecule has 1 saturated heterocycles. The normalized spacial score (nSPS) is 18.9. The molecule has 1 fully saturated rings. The summed E-state index contributed by atoms with van der Waals surface area (Å²) in [5, 5.41) is 13.6. The summed E-state index contributed by atoms with van der Waals surface area (Å²) in [5.74, 6) is 0.894. The molecule has 2 N–H and O–H groups in total. The Hall–Kier alpha value is -2.21. The summed E-state index contributed by atoms with van der Waals surface area (Å²) in [6.45, 7) is 5.38. The maximum atomic E-state index is 12.8. The minimum atomic E-state index is -4.34. The first-order valence-electron chi connectivity index (χ1n) is 11.1. The maximum absolute atomic E-state index is 12.8. The van der Waals surface area contributed by atoms with Crippen molar-refractivity contribution < 1.29 is 27.8 Å². The van der Waals surface area contributed by atoms with Crippen LogP contribution in [0, 0.1) is 18.3 Å². The van der Waals surface area contributed by atoms with Crippen LogP contribution >= 0.6 is 0 Å². The van der Waals surface area contributed by atoms with E-state index in [0.29, 0.717) is 62.4 Å². The van der Waals surface area contributed by atoms with Crippen LogP contribution < -0.4 is 5.32 Å². The minimum absolute atomic E-state index is 0.206. The van der Waals surface area contributed by atoms with E-state index in [0.717, 1.165) is 0 Å². The number of terminal acetylenes is 1. The fourth-order valence-electron chi connectivity index (χ4n) is 3.49. The van der Waals surface area contributed by atoms with Gasteiger partial charge in [0.25, 0.3) is 0 Å². The molecule has 184 valence electrons. The van der Waals surface area contributed by atoms with Gasteiger partial charge < -0.3 is 15.2 Å². The Morgan fingerprint density at radius 1 is 1.33 bits per heavy atom. The second kappa shape index (κ2) is 14.1. The predicted molar refractivity (Wildman–Crippen MR) is 125 cm³/mol. The monoisotopic (exact) mass is 468 g/mol. The third kappa shape index (κ3) is 11.0. The number of alkyl halides is 3. The molecule has 1 heterocycles. The molecule has 0 bridgehead atoms. The lowest BCUT2D eigenvalue weighted by atomic mass is 9.90. The summed E-state index contributed by atoms with van der Waals surface area (Å²) in [6.07, 6.45) is 7.56. The van der Waals surface area contributed by atoms with Gasteiger partial charge in [0.2, 0.25) is 0 Å². The van der Waals surface area contributed by atoms with Crippen LogP contribution in [0.4, 0.5) is 13.2 Å². The second-order valence-corrected chi connectivity index (χ2v) is 8.09. The van der Waals surface area contributed by atoms with Crippen LogP contribution in [0.2, 0.25) is 0 Å². The van der Waals surface area contributed by atoms with Crippen molar-refractivity contribution in [3.63, 3.8) is 0 Å². The number of allylic oxidation sites excluding steroid dienone is 4. The van der Waals surface area contributed by atoms with Crippen LogP contribution in [-0.4, -0.2) is 61.7 Å². The van der Waals surface area contributed by atoms with Crippen molar-refractivity contribution in [2.75, 3.05) is 33.4 Å². The summed E-state index contributed by atoms with van der Waals surface area (Å²) in [7, 11) is 1.74. The number of ketones is 1. The van der Waals surface area contributed by atoms with Gasteiger partial charge >= 0.3 is 6.18 Å². The predicted octanol–water partition coefficient (Wildman–Crippen LogP) is 4.19. The van der Waals surface area contributed by atoms with Crippen molar-refractivity contribution in [3.8, 4) is 12.3 Å². The number of aliphatic imine (C=N–C) groups is 1. The third-order valence-electron chi connectivity index (χ3n) is 5.41. The number of rotatable bonds is 12. The second-order valence-electron chi connectivity index (χ2n) is 8.09. The first-order chi connectivity index (χ1) is 15.5. The standard InChI is InChI=1S/C25H35F3N2O3/c1-5-20(17-25(26,27)28)9-7-10-22(30-6-2)21(18-29-4)19(3)23(31)11-8-12-24(32)13-15-33-16-14-24/h1,7-9,11,20,29,32H,6,10,12-18H2,2-4H3/b9-7-,11-8-,21-19+,30-22-. The zero-order valence-electron chi connectivity index (χ0n) is 19.7. The van der Waals surface area contributed by atoms with Gasteiger partial charge in [0.15, 0.2) is 5.78 Å². The smallest absolute Gasteiger partial charge is 0.389 e. The number of carbonyl (C=O) groups excluding carboxylic acids is 1. The summed E-state index contributed by atoms with van der Waals surface area (Å²) < 4.78 is 43.2. The number of nitrogens with one attached hydrogen (secondary N) is 1. The van der Waals surface area contributed by atoms with Crippen molar-refractivity contribution in [2.24, 2.45) is 10.9 Å². The number of ether oxygens (including phenoxy) is 1. The van der Waals surface area contributed by atoms with Crippen molar-refractivity contribution >= 4 is 11.5 Å². The van der Waals surface area contributed by atoms with Gasteiger partial charge in [0.1, 0.15) is 0 Å². The molecule has 1 aliphatic heterocycles. The highest BCUT2D eigenvalue weighted by Gasteiger charge is 2.30. The Bertz CT molecular complexity index is 799. The number of hydrogen-bond acceptors (Lipinski definition) is 5. The Morgan fingerprint density at radius 2 is 2.00 bits per heavy atom. The number of nitrogens with zero attached hydrogens (tertiary/aromatic N) is 1. The Labute approximate surface area is 194 Å². The topological polar surface area (TPSA) is 70.9 Å². The fraction of sp³-hybridized carbons (Fsp3) is 0.600. The molecule has 0 aromatic heterocycles. The SMILES string of the molecule is C#CC(/C=C\CC(=N/CC)/C(CNC)=C(\C)C(=O)/C=C\CC1(O)CCOCC1)CC(F)(F)F. The molecule has 5 nitrogen and oxygen atoms in total. The van der Waals surface area contributed by atoms with E-state index in [-0.39, 0.29) is 12.2 Å². The molecule has 1 atom stereocenters. The molecular weight excluding hydrogens is 433 g/mol. The van der Waals surface area contributed by atoms with Gasteiger partial charge in [-0.15, -0.1) is 6.42 Å². The molecular formula is C25H35F3N2O3. The van der Waals surface area contributed by atoms with Crippen molar-refractivity contribution in [3.05, 3.63) is 35.5 Å². The lowest BCUT2D eigenvalue weighted by Gasteiger charge is -2.30. The number of likely N-dealkylation sites (N-methyl/N-ethyl adjacent to an activating group) is 1. The summed E-state index contributed by atoms with van der Waals surface area (Å²) in [6, 6.07) is 0. The Morgan fingerprint density at radius 3 is 2.55 bits per heavy atom. The highest BCUT2D eigenvalue weighted by molar-refractivity contribution is 6.12. The molecule has 0 aromatic carbocycles. The van der Waals surface area contributed by atoms with Crippen LogP contribution in [0.5, 0.6) is 0 Å². The molecule has 8 heteroatoms. The fourth-order valence-corrected chi connectivity index (χ4v) is 3.49. The van der Waals surface area contributed by atoms with E-state index in [1.807, 2.05) is 6.92 Å². The van der Waals surface area contributed by atoms with Crippen molar-refractivity contribution in [2.45, 2.75) is 57.7 Å². The van der Waals surface area contributed by atoms with Gasteiger partial charge in [0.05, 0.1) is 12.0 Å². The van der Waals surface area contributed by atoms with Gasteiger partial charge in [-0.2, -0.15) is 13.2 Å². The largest absolute Gasteiger partial charge is 0.390 e. The highest BCUT2D eigenvalue weighted by atomic mass is 19.4. The van der Waals surface area contributed by atoms with E-state index in [4.69, 9.17) is 11.2 Å². The minimum Gasteiger partial charge on any atom is -0.389 e. The molecule has 1 unspecified atom stereocenters. The Balaban J connectivity index is 2.99. The molecule has 33 heavy (non-hydrogen) atoms. The first-order valence-corrected chi connectivity index (χ1v) is 11.1. The average Bonchev–Trinajstić information content (AvgIpc) is 2.75. The molecule has 1 aliphatic rings. The summed E-state index contributed by atoms with van der Waals surface area (Å²) >= 11 is 0. The number of halogens is 3. The summed E-state index contributed by atoms with van der Waals surface area (Å²) in [4.78, 5) is 17.3. The van der Waals surface area contributed by atoms with Crippen molar-refractivity contribution in [1.29, 1.82) is 0 Å². The van der Waals surface area contributed by atoms with Crippen LogP contribution in [0.1, 0.15) is 46.0 Å². The van der Waals surface area contributed by atoms with Gasteiger partial charge in [-0.1, -0.05) is 24.1 Å². The lowest BCUT2D eigenvalue weighted by Crippen LogP contribution is -2.35. The third-order valence-corrected chi connectivity index (χ3v) is 5.41. The lowest BCUT2D eigenvalue weighted by molar-refractivity contribution is -0.137. The number of aliphatic hydroxyl groups is 1.